The van der Waals surface area contributed by atoms with Crippen molar-refractivity contribution in [2.45, 2.75) is 19.8 Å². The maximum Gasteiger partial charge on any atom is 0.295 e. The number of anilines is 2. The Morgan fingerprint density at radius 3 is 2.86 bits per heavy atom. The summed E-state index contributed by atoms with van der Waals surface area (Å²) in [7, 11) is 1.30. The summed E-state index contributed by atoms with van der Waals surface area (Å²) in [6.07, 6.45) is 2.99. The Kier molecular flexibility index (Phi) is 5.72. The first kappa shape index (κ1) is 19.5. The molecule has 0 radical (unpaired) electrons. The second-order valence-corrected chi connectivity index (χ2v) is 6.73. The van der Waals surface area contributed by atoms with E-state index in [4.69, 9.17) is 4.74 Å². The first-order valence-corrected chi connectivity index (χ1v) is 8.89. The van der Waals surface area contributed by atoms with Gasteiger partial charge in [-0.1, -0.05) is 6.07 Å². The number of carbonyl (C=O) groups is 1. The van der Waals surface area contributed by atoms with Crippen LogP contribution >= 0.6 is 0 Å². The SMILES string of the molecule is COc1cc(N2CCCC(C(=O)Nc3ccc(C)cn3)C2)c([N+](=O)[O-])cc1F. The molecule has 0 spiro atoms. The van der Waals surface area contributed by atoms with Gasteiger partial charge in [0.1, 0.15) is 11.5 Å². The zero-order valence-electron chi connectivity index (χ0n) is 15.6. The van der Waals surface area contributed by atoms with E-state index in [0.717, 1.165) is 11.6 Å². The summed E-state index contributed by atoms with van der Waals surface area (Å²) >= 11 is 0. The van der Waals surface area contributed by atoms with Crippen LogP contribution in [0.2, 0.25) is 0 Å². The van der Waals surface area contributed by atoms with Crippen molar-refractivity contribution in [1.82, 2.24) is 4.98 Å². The van der Waals surface area contributed by atoms with Gasteiger partial charge in [-0.2, -0.15) is 0 Å². The van der Waals surface area contributed by atoms with Crippen molar-refractivity contribution >= 4 is 23.1 Å². The second kappa shape index (κ2) is 8.20. The normalized spacial score (nSPS) is 16.5. The Hall–Kier alpha value is -3.23. The molecule has 1 aliphatic rings. The lowest BCUT2D eigenvalue weighted by Gasteiger charge is -2.33. The van der Waals surface area contributed by atoms with Crippen molar-refractivity contribution in [1.29, 1.82) is 0 Å². The van der Waals surface area contributed by atoms with E-state index >= 15 is 0 Å². The molecule has 9 heteroatoms. The molecule has 2 heterocycles. The fourth-order valence-corrected chi connectivity index (χ4v) is 3.27. The molecular formula is C19H21FN4O4. The average Bonchev–Trinajstić information content (AvgIpc) is 2.69. The number of hydrogen-bond donors (Lipinski definition) is 1. The van der Waals surface area contributed by atoms with E-state index in [9.17, 15) is 19.3 Å². The molecule has 0 bridgehead atoms. The number of pyridine rings is 1. The van der Waals surface area contributed by atoms with Crippen LogP contribution < -0.4 is 15.0 Å². The smallest absolute Gasteiger partial charge is 0.295 e. The Balaban J connectivity index is 1.80. The highest BCUT2D eigenvalue weighted by Crippen LogP contribution is 2.36. The quantitative estimate of drug-likeness (QED) is 0.623. The van der Waals surface area contributed by atoms with E-state index in [1.54, 1.807) is 17.2 Å². The number of carbonyl (C=O) groups excluding carboxylic acids is 1. The van der Waals surface area contributed by atoms with Crippen molar-refractivity contribution in [3.05, 3.63) is 52.0 Å². The molecule has 148 valence electrons. The van der Waals surface area contributed by atoms with E-state index in [-0.39, 0.29) is 35.5 Å². The van der Waals surface area contributed by atoms with Gasteiger partial charge in [-0.25, -0.2) is 9.37 Å². The van der Waals surface area contributed by atoms with Crippen molar-refractivity contribution in [3.63, 3.8) is 0 Å². The standard InChI is InChI=1S/C19H21FN4O4/c1-12-5-6-18(21-10-12)22-19(25)13-4-3-7-23(11-13)15-9-17(28-2)14(20)8-16(15)24(26)27/h5-6,8-10,13H,3-4,7,11H2,1-2H3,(H,21,22,25). The van der Waals surface area contributed by atoms with Gasteiger partial charge in [-0.3, -0.25) is 14.9 Å². The maximum absolute atomic E-state index is 13.9. The summed E-state index contributed by atoms with van der Waals surface area (Å²) in [5, 5.41) is 14.2. The summed E-state index contributed by atoms with van der Waals surface area (Å²) in [6.45, 7) is 2.72. The van der Waals surface area contributed by atoms with Crippen LogP contribution in [0.5, 0.6) is 5.75 Å². The van der Waals surface area contributed by atoms with Crippen molar-refractivity contribution < 1.29 is 18.8 Å². The van der Waals surface area contributed by atoms with Crippen LogP contribution in [0.4, 0.5) is 21.6 Å². The zero-order valence-corrected chi connectivity index (χ0v) is 15.6. The summed E-state index contributed by atoms with van der Waals surface area (Å²) < 4.78 is 18.9. The minimum Gasteiger partial charge on any atom is -0.494 e. The van der Waals surface area contributed by atoms with Crippen LogP contribution in [0.1, 0.15) is 18.4 Å². The first-order valence-electron chi connectivity index (χ1n) is 8.89. The van der Waals surface area contributed by atoms with Crippen LogP contribution in [0.15, 0.2) is 30.5 Å². The Morgan fingerprint density at radius 1 is 1.43 bits per heavy atom. The number of nitrogens with one attached hydrogen (secondary N) is 1. The Bertz CT molecular complexity index is 888. The van der Waals surface area contributed by atoms with Crippen LogP contribution in [0.25, 0.3) is 0 Å². The van der Waals surface area contributed by atoms with Gasteiger partial charge in [0.2, 0.25) is 5.91 Å². The van der Waals surface area contributed by atoms with E-state index in [1.807, 2.05) is 13.0 Å². The topological polar surface area (TPSA) is 97.6 Å². The summed E-state index contributed by atoms with van der Waals surface area (Å²) in [5.74, 6) is -0.974. The van der Waals surface area contributed by atoms with Gasteiger partial charge >= 0.3 is 0 Å². The van der Waals surface area contributed by atoms with Gasteiger partial charge in [0.05, 0.1) is 24.0 Å². The molecule has 1 N–H and O–H groups in total. The van der Waals surface area contributed by atoms with Gasteiger partial charge in [0.25, 0.3) is 5.69 Å². The number of methoxy groups -OCH3 is 1. The fraction of sp³-hybridized carbons (Fsp3) is 0.368. The van der Waals surface area contributed by atoms with Crippen LogP contribution in [-0.2, 0) is 4.79 Å². The number of nitro groups is 1. The Morgan fingerprint density at radius 2 is 2.21 bits per heavy atom. The number of halogens is 1. The lowest BCUT2D eigenvalue weighted by Crippen LogP contribution is -2.41. The zero-order chi connectivity index (χ0) is 20.3. The van der Waals surface area contributed by atoms with Gasteiger partial charge in [0, 0.05) is 25.4 Å². The van der Waals surface area contributed by atoms with E-state index in [2.05, 4.69) is 10.3 Å². The molecular weight excluding hydrogens is 367 g/mol. The van der Waals surface area contributed by atoms with Gasteiger partial charge in [-0.15, -0.1) is 0 Å². The molecule has 3 rings (SSSR count). The molecule has 1 aliphatic heterocycles. The van der Waals surface area contributed by atoms with Crippen LogP contribution in [-0.4, -0.2) is 36.0 Å². The van der Waals surface area contributed by atoms with Gasteiger partial charge < -0.3 is 15.0 Å². The predicted octanol–water partition coefficient (Wildman–Crippen LogP) is 3.30. The number of piperidine rings is 1. The number of rotatable bonds is 5. The number of benzene rings is 1. The highest BCUT2D eigenvalue weighted by atomic mass is 19.1. The predicted molar refractivity (Wildman–Crippen MR) is 102 cm³/mol. The number of aryl methyl sites for hydroxylation is 1. The monoisotopic (exact) mass is 388 g/mol. The van der Waals surface area contributed by atoms with Gasteiger partial charge in [0.15, 0.2) is 11.6 Å². The van der Waals surface area contributed by atoms with Crippen LogP contribution in [0, 0.1) is 28.8 Å². The van der Waals surface area contributed by atoms with Crippen LogP contribution in [0.3, 0.4) is 0 Å². The fourth-order valence-electron chi connectivity index (χ4n) is 3.27. The number of amides is 1. The molecule has 28 heavy (non-hydrogen) atoms. The number of hydrogen-bond acceptors (Lipinski definition) is 6. The molecule has 1 unspecified atom stereocenters. The summed E-state index contributed by atoms with van der Waals surface area (Å²) in [4.78, 5) is 29.3. The second-order valence-electron chi connectivity index (χ2n) is 6.73. The Labute approximate surface area is 161 Å². The molecule has 2 aromatic rings. The largest absolute Gasteiger partial charge is 0.494 e. The van der Waals surface area contributed by atoms with E-state index in [1.165, 1.54) is 13.2 Å². The number of ether oxygens (including phenoxy) is 1. The molecule has 8 nitrogen and oxygen atoms in total. The average molecular weight is 388 g/mol. The molecule has 1 aromatic heterocycles. The summed E-state index contributed by atoms with van der Waals surface area (Å²) in [6, 6.07) is 5.75. The highest BCUT2D eigenvalue weighted by molar-refractivity contribution is 5.92. The molecule has 0 aliphatic carbocycles. The lowest BCUT2D eigenvalue weighted by atomic mass is 9.96. The third kappa shape index (κ3) is 4.19. The first-order chi connectivity index (χ1) is 13.4. The molecule has 1 aromatic carbocycles. The molecule has 0 saturated carbocycles. The third-order valence-corrected chi connectivity index (χ3v) is 4.74. The maximum atomic E-state index is 13.9. The molecule has 1 saturated heterocycles. The molecule has 1 amide bonds. The summed E-state index contributed by atoms with van der Waals surface area (Å²) in [5.41, 5.74) is 0.883. The molecule has 1 fully saturated rings. The number of aromatic nitrogens is 1. The lowest BCUT2D eigenvalue weighted by molar-refractivity contribution is -0.384. The number of nitro benzene ring substituents is 1. The van der Waals surface area contributed by atoms with Crippen molar-refractivity contribution in [3.8, 4) is 5.75 Å². The third-order valence-electron chi connectivity index (χ3n) is 4.74. The number of nitrogens with zero attached hydrogens (tertiary/aromatic N) is 3. The van der Waals surface area contributed by atoms with E-state index in [0.29, 0.717) is 25.2 Å². The minimum absolute atomic E-state index is 0.0731. The molecule has 1 atom stereocenters. The minimum atomic E-state index is -0.797. The van der Waals surface area contributed by atoms with E-state index < -0.39 is 10.7 Å². The van der Waals surface area contributed by atoms with Gasteiger partial charge in [-0.05, 0) is 31.4 Å². The van der Waals surface area contributed by atoms with Crippen molar-refractivity contribution in [2.75, 3.05) is 30.4 Å². The highest BCUT2D eigenvalue weighted by Gasteiger charge is 2.31. The van der Waals surface area contributed by atoms with Crippen molar-refractivity contribution in [2.24, 2.45) is 5.92 Å².